The summed E-state index contributed by atoms with van der Waals surface area (Å²) < 4.78 is 2.06. The highest BCUT2D eigenvalue weighted by molar-refractivity contribution is 5.85. The van der Waals surface area contributed by atoms with E-state index in [0.717, 1.165) is 36.1 Å². The van der Waals surface area contributed by atoms with Crippen LogP contribution in [0.5, 0.6) is 0 Å². The van der Waals surface area contributed by atoms with Crippen molar-refractivity contribution in [2.75, 3.05) is 0 Å². The first-order valence-corrected chi connectivity index (χ1v) is 8.95. The zero-order valence-corrected chi connectivity index (χ0v) is 14.3. The minimum Gasteiger partial charge on any atom is -0.349 e. The van der Waals surface area contributed by atoms with Crippen LogP contribution >= 0.6 is 0 Å². The highest BCUT2D eigenvalue weighted by atomic mass is 16.2. The molecule has 4 nitrogen and oxygen atoms in total. The van der Waals surface area contributed by atoms with E-state index in [1.165, 1.54) is 11.1 Å². The number of imidazole rings is 1. The van der Waals surface area contributed by atoms with Gasteiger partial charge in [0.1, 0.15) is 5.82 Å². The Morgan fingerprint density at radius 3 is 2.92 bits per heavy atom. The van der Waals surface area contributed by atoms with Gasteiger partial charge in [-0.05, 0) is 42.5 Å². The molecular weight excluding hydrogens is 310 g/mol. The maximum atomic E-state index is 12.7. The van der Waals surface area contributed by atoms with Crippen molar-refractivity contribution in [2.45, 2.75) is 31.2 Å². The molecule has 3 aromatic rings. The second kappa shape index (κ2) is 5.19. The Morgan fingerprint density at radius 1 is 1.24 bits per heavy atom. The van der Waals surface area contributed by atoms with Crippen LogP contribution in [0, 0.1) is 5.92 Å². The number of aromatic nitrogens is 2. The van der Waals surface area contributed by atoms with E-state index < -0.39 is 0 Å². The fourth-order valence-electron chi connectivity index (χ4n) is 4.58. The van der Waals surface area contributed by atoms with Crippen molar-refractivity contribution in [3.63, 3.8) is 0 Å². The highest BCUT2D eigenvalue weighted by Crippen LogP contribution is 2.61. The number of carbonyl (C=O) groups excluding carboxylic acids is 1. The first-order chi connectivity index (χ1) is 12.2. The molecular formula is C21H21N3O. The molecule has 2 atom stereocenters. The summed E-state index contributed by atoms with van der Waals surface area (Å²) in [5, 5.41) is 3.12. The fraction of sp³-hybridized carbons (Fsp3) is 0.333. The normalized spacial score (nSPS) is 23.8. The number of fused-ring (bicyclic) bond motifs is 3. The van der Waals surface area contributed by atoms with Gasteiger partial charge in [0, 0.05) is 18.4 Å². The van der Waals surface area contributed by atoms with E-state index in [1.807, 2.05) is 25.2 Å². The molecule has 0 radical (unpaired) electrons. The molecule has 5 rings (SSSR count). The summed E-state index contributed by atoms with van der Waals surface area (Å²) in [6.45, 7) is 0.484. The van der Waals surface area contributed by atoms with E-state index >= 15 is 0 Å². The maximum Gasteiger partial charge on any atom is 0.224 e. The predicted octanol–water partition coefficient (Wildman–Crippen LogP) is 3.09. The van der Waals surface area contributed by atoms with Crippen LogP contribution in [0.1, 0.15) is 29.8 Å². The van der Waals surface area contributed by atoms with Gasteiger partial charge in [-0.2, -0.15) is 0 Å². The van der Waals surface area contributed by atoms with Crippen LogP contribution in [0.15, 0.2) is 48.5 Å². The molecule has 4 heteroatoms. The second-order valence-electron chi connectivity index (χ2n) is 7.36. The number of benzene rings is 2. The van der Waals surface area contributed by atoms with Crippen LogP contribution in [0.25, 0.3) is 11.0 Å². The van der Waals surface area contributed by atoms with Crippen molar-refractivity contribution >= 4 is 16.9 Å². The number of hydrogen-bond acceptors (Lipinski definition) is 2. The lowest BCUT2D eigenvalue weighted by molar-refractivity contribution is -0.123. The Bertz CT molecular complexity index is 990. The molecule has 25 heavy (non-hydrogen) atoms. The number of nitrogens with one attached hydrogen (secondary N) is 1. The number of hydrogen-bond donors (Lipinski definition) is 1. The Kier molecular flexibility index (Phi) is 3.05. The van der Waals surface area contributed by atoms with Gasteiger partial charge < -0.3 is 9.88 Å². The van der Waals surface area contributed by atoms with Gasteiger partial charge in [-0.1, -0.05) is 36.4 Å². The van der Waals surface area contributed by atoms with Crippen molar-refractivity contribution in [2.24, 2.45) is 13.0 Å². The molecule has 0 bridgehead atoms. The first-order valence-electron chi connectivity index (χ1n) is 8.95. The predicted molar refractivity (Wildman–Crippen MR) is 97.1 cm³/mol. The van der Waals surface area contributed by atoms with Crippen LogP contribution in [-0.2, 0) is 30.2 Å². The summed E-state index contributed by atoms with van der Waals surface area (Å²) in [4.78, 5) is 17.4. The standard InChI is InChI=1S/C21H21N3O/c1-24-18-9-5-4-8-17(18)23-19(24)13-22-20(25)16-12-21(16)11-10-14-6-2-3-7-15(14)21/h2-9,16H,10-13H2,1H3,(H,22,25)/t16-,21+/m1/s1. The molecule has 1 amide bonds. The molecule has 1 heterocycles. The number of aryl methyl sites for hydroxylation is 2. The van der Waals surface area contributed by atoms with Gasteiger partial charge in [-0.15, -0.1) is 0 Å². The SMILES string of the molecule is Cn1c(CNC(=O)[C@H]2C[C@]23CCc2ccccc23)nc2ccccc21. The molecule has 126 valence electrons. The van der Waals surface area contributed by atoms with Crippen molar-refractivity contribution in [1.82, 2.24) is 14.9 Å². The number of para-hydroxylation sites is 2. The van der Waals surface area contributed by atoms with Crippen molar-refractivity contribution in [3.05, 3.63) is 65.5 Å². The van der Waals surface area contributed by atoms with Gasteiger partial charge in [0.15, 0.2) is 0 Å². The van der Waals surface area contributed by atoms with Crippen molar-refractivity contribution < 1.29 is 4.79 Å². The molecule has 0 aliphatic heterocycles. The highest BCUT2D eigenvalue weighted by Gasteiger charge is 2.61. The molecule has 2 aromatic carbocycles. The molecule has 1 spiro atoms. The molecule has 1 fully saturated rings. The Morgan fingerprint density at radius 2 is 2.04 bits per heavy atom. The Hall–Kier alpha value is -2.62. The summed E-state index contributed by atoms with van der Waals surface area (Å²) >= 11 is 0. The largest absolute Gasteiger partial charge is 0.349 e. The lowest BCUT2D eigenvalue weighted by Crippen LogP contribution is -2.28. The van der Waals surface area contributed by atoms with Gasteiger partial charge in [-0.25, -0.2) is 4.98 Å². The van der Waals surface area contributed by atoms with Gasteiger partial charge in [0.2, 0.25) is 5.91 Å². The molecule has 2 aliphatic carbocycles. The zero-order valence-electron chi connectivity index (χ0n) is 14.3. The number of nitrogens with zero attached hydrogens (tertiary/aromatic N) is 2. The fourth-order valence-corrected chi connectivity index (χ4v) is 4.58. The van der Waals surface area contributed by atoms with Gasteiger partial charge in [0.25, 0.3) is 0 Å². The smallest absolute Gasteiger partial charge is 0.224 e. The zero-order chi connectivity index (χ0) is 17.0. The van der Waals surface area contributed by atoms with Gasteiger partial charge >= 0.3 is 0 Å². The van der Waals surface area contributed by atoms with E-state index in [1.54, 1.807) is 0 Å². The summed E-state index contributed by atoms with van der Waals surface area (Å²) in [6.07, 6.45) is 3.19. The monoisotopic (exact) mass is 331 g/mol. The molecule has 0 saturated heterocycles. The molecule has 1 N–H and O–H groups in total. The summed E-state index contributed by atoms with van der Waals surface area (Å²) in [7, 11) is 2.00. The molecule has 2 aliphatic rings. The molecule has 1 saturated carbocycles. The van der Waals surface area contributed by atoms with E-state index in [4.69, 9.17) is 0 Å². The van der Waals surface area contributed by atoms with Gasteiger partial charge in [-0.3, -0.25) is 4.79 Å². The third-order valence-corrected chi connectivity index (χ3v) is 6.09. The third-order valence-electron chi connectivity index (χ3n) is 6.09. The summed E-state index contributed by atoms with van der Waals surface area (Å²) in [5.41, 5.74) is 5.00. The lowest BCUT2D eigenvalue weighted by Gasteiger charge is -2.11. The molecule has 1 aromatic heterocycles. The Balaban J connectivity index is 1.32. The average Bonchev–Trinajstić information content (AvgIpc) is 3.14. The Labute approximate surface area is 146 Å². The summed E-state index contributed by atoms with van der Waals surface area (Å²) in [6, 6.07) is 16.7. The quantitative estimate of drug-likeness (QED) is 0.802. The van der Waals surface area contributed by atoms with Crippen LogP contribution < -0.4 is 5.32 Å². The minimum atomic E-state index is 0.104. The third kappa shape index (κ3) is 2.13. The van der Waals surface area contributed by atoms with Crippen LogP contribution in [-0.4, -0.2) is 15.5 Å². The second-order valence-corrected chi connectivity index (χ2v) is 7.36. The van der Waals surface area contributed by atoms with E-state index in [0.29, 0.717) is 6.54 Å². The van der Waals surface area contributed by atoms with Crippen LogP contribution in [0.3, 0.4) is 0 Å². The summed E-state index contributed by atoms with van der Waals surface area (Å²) in [5.74, 6) is 1.19. The van der Waals surface area contributed by atoms with E-state index in [-0.39, 0.29) is 17.2 Å². The van der Waals surface area contributed by atoms with E-state index in [9.17, 15) is 4.79 Å². The van der Waals surface area contributed by atoms with Crippen LogP contribution in [0.2, 0.25) is 0 Å². The van der Waals surface area contributed by atoms with Crippen molar-refractivity contribution in [1.29, 1.82) is 0 Å². The minimum absolute atomic E-state index is 0.104. The maximum absolute atomic E-state index is 12.7. The van der Waals surface area contributed by atoms with E-state index in [2.05, 4.69) is 45.2 Å². The van der Waals surface area contributed by atoms with Gasteiger partial charge in [0.05, 0.1) is 17.6 Å². The topological polar surface area (TPSA) is 46.9 Å². The molecule has 0 unspecified atom stereocenters. The number of carbonyl (C=O) groups is 1. The number of rotatable bonds is 3. The van der Waals surface area contributed by atoms with Crippen LogP contribution in [0.4, 0.5) is 0 Å². The lowest BCUT2D eigenvalue weighted by atomic mass is 9.95. The van der Waals surface area contributed by atoms with Crippen molar-refractivity contribution in [3.8, 4) is 0 Å². The number of amides is 1. The average molecular weight is 331 g/mol. The first kappa shape index (κ1) is 14.7.